The summed E-state index contributed by atoms with van der Waals surface area (Å²) in [5.41, 5.74) is 0.260. The number of nitrogens with one attached hydrogen (secondary N) is 1. The number of rotatable bonds is 4. The number of aliphatic hydroxyl groups is 1. The number of ether oxygens (including phenoxy) is 1. The van der Waals surface area contributed by atoms with E-state index in [-0.39, 0.29) is 11.8 Å². The minimum absolute atomic E-state index is 0.229. The molecule has 6 heteroatoms. The van der Waals surface area contributed by atoms with E-state index in [2.05, 4.69) is 5.32 Å². The summed E-state index contributed by atoms with van der Waals surface area (Å²) in [7, 11) is 0. The van der Waals surface area contributed by atoms with Crippen molar-refractivity contribution in [3.63, 3.8) is 0 Å². The highest BCUT2D eigenvalue weighted by molar-refractivity contribution is 5.89. The molecule has 0 bridgehead atoms. The first-order valence-electron chi connectivity index (χ1n) is 9.89. The normalized spacial score (nSPS) is 15.5. The molecule has 0 radical (unpaired) electrons. The fraction of sp³-hybridized carbons (Fsp3) is 0.208. The summed E-state index contributed by atoms with van der Waals surface area (Å²) in [4.78, 5) is 14.3. The molecule has 154 valence electrons. The van der Waals surface area contributed by atoms with Crippen LogP contribution in [0.5, 0.6) is 11.5 Å². The van der Waals surface area contributed by atoms with Gasteiger partial charge in [0.2, 0.25) is 0 Å². The number of benzene rings is 3. The lowest BCUT2D eigenvalue weighted by Gasteiger charge is -2.38. The predicted molar refractivity (Wildman–Crippen MR) is 113 cm³/mol. The van der Waals surface area contributed by atoms with Gasteiger partial charge in [-0.1, -0.05) is 36.4 Å². The first-order valence-corrected chi connectivity index (χ1v) is 9.89. The summed E-state index contributed by atoms with van der Waals surface area (Å²) in [5, 5.41) is 13.8. The topological polar surface area (TPSA) is 61.8 Å². The van der Waals surface area contributed by atoms with E-state index >= 15 is 0 Å². The average molecular weight is 406 g/mol. The van der Waals surface area contributed by atoms with Gasteiger partial charge in [0.05, 0.1) is 5.60 Å². The highest BCUT2D eigenvalue weighted by Gasteiger charge is 2.35. The molecule has 1 aliphatic heterocycles. The molecule has 1 aliphatic rings. The summed E-state index contributed by atoms with van der Waals surface area (Å²) in [5.74, 6) is 1.01. The van der Waals surface area contributed by atoms with E-state index < -0.39 is 5.60 Å². The Morgan fingerprint density at radius 2 is 1.60 bits per heavy atom. The van der Waals surface area contributed by atoms with Crippen LogP contribution in [0.25, 0.3) is 0 Å². The Hall–Kier alpha value is -3.38. The van der Waals surface area contributed by atoms with Gasteiger partial charge >= 0.3 is 6.03 Å². The van der Waals surface area contributed by atoms with E-state index in [0.717, 1.165) is 5.75 Å². The van der Waals surface area contributed by atoms with Crippen molar-refractivity contribution < 1.29 is 19.0 Å². The number of hydrogen-bond acceptors (Lipinski definition) is 3. The molecule has 4 rings (SSSR count). The van der Waals surface area contributed by atoms with E-state index in [1.165, 1.54) is 12.1 Å². The molecule has 0 unspecified atom stereocenters. The molecule has 1 saturated heterocycles. The maximum Gasteiger partial charge on any atom is 0.321 e. The SMILES string of the molecule is O=C(Nc1cccc(Oc2ccccc2)c1)N1CCC(O)(c2ccc(F)cc2)CC1. The molecular formula is C24H23FN2O3. The number of halogens is 1. The Morgan fingerprint density at radius 1 is 0.933 bits per heavy atom. The van der Waals surface area contributed by atoms with Crippen molar-refractivity contribution >= 4 is 11.7 Å². The van der Waals surface area contributed by atoms with Crippen LogP contribution in [0.15, 0.2) is 78.9 Å². The van der Waals surface area contributed by atoms with E-state index in [1.807, 2.05) is 42.5 Å². The second kappa shape index (κ2) is 8.55. The van der Waals surface area contributed by atoms with E-state index in [0.29, 0.717) is 42.9 Å². The Balaban J connectivity index is 1.36. The fourth-order valence-corrected chi connectivity index (χ4v) is 3.59. The van der Waals surface area contributed by atoms with E-state index in [9.17, 15) is 14.3 Å². The lowest BCUT2D eigenvalue weighted by Crippen LogP contribution is -2.46. The van der Waals surface area contributed by atoms with Crippen LogP contribution in [0.3, 0.4) is 0 Å². The standard InChI is InChI=1S/C24H23FN2O3/c25-19-11-9-18(10-12-19)24(29)13-15-27(16-14-24)23(28)26-20-5-4-8-22(17-20)30-21-6-2-1-3-7-21/h1-12,17,29H,13-16H2,(H,26,28). The van der Waals surface area contributed by atoms with Crippen LogP contribution in [-0.2, 0) is 5.60 Å². The van der Waals surface area contributed by atoms with Crippen molar-refractivity contribution in [2.75, 3.05) is 18.4 Å². The Bertz CT molecular complexity index is 1000. The van der Waals surface area contributed by atoms with Crippen molar-refractivity contribution in [3.05, 3.63) is 90.2 Å². The summed E-state index contributed by atoms with van der Waals surface area (Å²) >= 11 is 0. The summed E-state index contributed by atoms with van der Waals surface area (Å²) in [6.07, 6.45) is 0.784. The Morgan fingerprint density at radius 3 is 2.30 bits per heavy atom. The first-order chi connectivity index (χ1) is 14.5. The lowest BCUT2D eigenvalue weighted by molar-refractivity contribution is -0.0157. The zero-order chi connectivity index (χ0) is 21.0. The number of carbonyl (C=O) groups excluding carboxylic acids is 1. The van der Waals surface area contributed by atoms with Gasteiger partial charge in [-0.05, 0) is 54.8 Å². The van der Waals surface area contributed by atoms with Crippen LogP contribution in [-0.4, -0.2) is 29.1 Å². The highest BCUT2D eigenvalue weighted by atomic mass is 19.1. The third-order valence-electron chi connectivity index (χ3n) is 5.32. The Kier molecular flexibility index (Phi) is 5.68. The average Bonchev–Trinajstić information content (AvgIpc) is 2.75. The smallest absolute Gasteiger partial charge is 0.321 e. The van der Waals surface area contributed by atoms with Crippen LogP contribution >= 0.6 is 0 Å². The number of likely N-dealkylation sites (tertiary alicyclic amines) is 1. The van der Waals surface area contributed by atoms with Crippen molar-refractivity contribution in [1.29, 1.82) is 0 Å². The number of carbonyl (C=O) groups is 1. The molecule has 0 aromatic heterocycles. The third-order valence-corrected chi connectivity index (χ3v) is 5.32. The maximum absolute atomic E-state index is 13.2. The maximum atomic E-state index is 13.2. The van der Waals surface area contributed by atoms with Crippen LogP contribution in [0.4, 0.5) is 14.9 Å². The van der Waals surface area contributed by atoms with Crippen molar-refractivity contribution in [2.24, 2.45) is 0 Å². The van der Waals surface area contributed by atoms with Gasteiger partial charge in [-0.3, -0.25) is 0 Å². The number of hydrogen-bond donors (Lipinski definition) is 2. The third kappa shape index (κ3) is 4.60. The Labute approximate surface area is 174 Å². The van der Waals surface area contributed by atoms with Gasteiger partial charge in [0.25, 0.3) is 0 Å². The molecule has 1 fully saturated rings. The number of piperidine rings is 1. The zero-order valence-electron chi connectivity index (χ0n) is 16.4. The van der Waals surface area contributed by atoms with Crippen LogP contribution in [0.2, 0.25) is 0 Å². The molecule has 0 saturated carbocycles. The lowest BCUT2D eigenvalue weighted by atomic mass is 9.84. The molecule has 2 amide bonds. The van der Waals surface area contributed by atoms with Gasteiger partial charge < -0.3 is 20.1 Å². The van der Waals surface area contributed by atoms with Crippen molar-refractivity contribution in [2.45, 2.75) is 18.4 Å². The van der Waals surface area contributed by atoms with Crippen LogP contribution in [0.1, 0.15) is 18.4 Å². The first kappa shape index (κ1) is 19.9. The van der Waals surface area contributed by atoms with Crippen LogP contribution in [0, 0.1) is 5.82 Å². The summed E-state index contributed by atoms with van der Waals surface area (Å²) in [6.45, 7) is 0.805. The van der Waals surface area contributed by atoms with Gasteiger partial charge in [-0.15, -0.1) is 0 Å². The molecule has 1 heterocycles. The second-order valence-electron chi connectivity index (χ2n) is 7.40. The fourth-order valence-electron chi connectivity index (χ4n) is 3.59. The van der Waals surface area contributed by atoms with Gasteiger partial charge in [0.15, 0.2) is 0 Å². The molecule has 2 N–H and O–H groups in total. The number of amides is 2. The van der Waals surface area contributed by atoms with Crippen molar-refractivity contribution in [3.8, 4) is 11.5 Å². The summed E-state index contributed by atoms with van der Waals surface area (Å²) in [6, 6.07) is 22.3. The minimum Gasteiger partial charge on any atom is -0.457 e. The van der Waals surface area contributed by atoms with Crippen LogP contribution < -0.4 is 10.1 Å². The van der Waals surface area contributed by atoms with Gasteiger partial charge in [0.1, 0.15) is 17.3 Å². The molecule has 3 aromatic rings. The number of urea groups is 1. The zero-order valence-corrected chi connectivity index (χ0v) is 16.4. The van der Waals surface area contributed by atoms with E-state index in [4.69, 9.17) is 4.74 Å². The predicted octanol–water partition coefficient (Wildman–Crippen LogP) is 5.13. The van der Waals surface area contributed by atoms with E-state index in [1.54, 1.807) is 29.2 Å². The molecule has 5 nitrogen and oxygen atoms in total. The molecule has 30 heavy (non-hydrogen) atoms. The second-order valence-corrected chi connectivity index (χ2v) is 7.40. The van der Waals surface area contributed by atoms with Gasteiger partial charge in [-0.25, -0.2) is 9.18 Å². The molecule has 0 atom stereocenters. The molecule has 0 aliphatic carbocycles. The largest absolute Gasteiger partial charge is 0.457 e. The minimum atomic E-state index is -1.05. The van der Waals surface area contributed by atoms with Gasteiger partial charge in [0, 0.05) is 24.8 Å². The quantitative estimate of drug-likeness (QED) is 0.631. The summed E-state index contributed by atoms with van der Waals surface area (Å²) < 4.78 is 19.0. The number of nitrogens with zero attached hydrogens (tertiary/aromatic N) is 1. The molecular weight excluding hydrogens is 383 g/mol. The molecule has 3 aromatic carbocycles. The highest BCUT2D eigenvalue weighted by Crippen LogP contribution is 2.33. The van der Waals surface area contributed by atoms with Gasteiger partial charge in [-0.2, -0.15) is 0 Å². The molecule has 0 spiro atoms. The number of anilines is 1. The monoisotopic (exact) mass is 406 g/mol. The van der Waals surface area contributed by atoms with Crippen molar-refractivity contribution in [1.82, 2.24) is 4.90 Å². The number of para-hydroxylation sites is 1.